The molecule has 0 spiro atoms. The molecule has 0 saturated carbocycles. The number of nitrogens with zero attached hydrogens (tertiary/aromatic N) is 3. The lowest BCUT2D eigenvalue weighted by atomic mass is 10.2. The van der Waals surface area contributed by atoms with Gasteiger partial charge >= 0.3 is 0 Å². The first-order chi connectivity index (χ1) is 11.7. The third-order valence-electron chi connectivity index (χ3n) is 4.00. The summed E-state index contributed by atoms with van der Waals surface area (Å²) in [5.74, 6) is 1.30. The van der Waals surface area contributed by atoms with E-state index in [9.17, 15) is 9.18 Å². The molecular formula is C18H20FN3O2. The molecular weight excluding hydrogens is 309 g/mol. The average Bonchev–Trinajstić information content (AvgIpc) is 2.64. The molecule has 1 aromatic heterocycles. The quantitative estimate of drug-likeness (QED) is 0.845. The Kier molecular flexibility index (Phi) is 5.25. The molecule has 1 aliphatic heterocycles. The van der Waals surface area contributed by atoms with Crippen molar-refractivity contribution < 1.29 is 13.9 Å². The number of pyridine rings is 1. The van der Waals surface area contributed by atoms with Crippen LogP contribution >= 0.6 is 0 Å². The highest BCUT2D eigenvalue weighted by Crippen LogP contribution is 2.14. The number of benzene rings is 1. The Hall–Kier alpha value is -2.63. The van der Waals surface area contributed by atoms with Gasteiger partial charge in [-0.25, -0.2) is 9.37 Å². The summed E-state index contributed by atoms with van der Waals surface area (Å²) in [4.78, 5) is 20.6. The maximum absolute atomic E-state index is 12.8. The van der Waals surface area contributed by atoms with Gasteiger partial charge in [-0.05, 0) is 36.4 Å². The minimum atomic E-state index is -0.302. The second-order valence-electron chi connectivity index (χ2n) is 5.61. The topological polar surface area (TPSA) is 45.7 Å². The molecule has 0 aliphatic carbocycles. The maximum Gasteiger partial charge on any atom is 0.226 e. The fourth-order valence-electron chi connectivity index (χ4n) is 2.67. The summed E-state index contributed by atoms with van der Waals surface area (Å²) in [5.41, 5.74) is 0. The summed E-state index contributed by atoms with van der Waals surface area (Å²) in [5, 5.41) is 0. The van der Waals surface area contributed by atoms with Gasteiger partial charge in [0.1, 0.15) is 17.4 Å². The Morgan fingerprint density at radius 3 is 2.50 bits per heavy atom. The van der Waals surface area contributed by atoms with Crippen LogP contribution in [-0.4, -0.2) is 48.6 Å². The van der Waals surface area contributed by atoms with Crippen molar-refractivity contribution in [3.63, 3.8) is 0 Å². The molecule has 5 nitrogen and oxygen atoms in total. The van der Waals surface area contributed by atoms with Gasteiger partial charge in [0.25, 0.3) is 0 Å². The van der Waals surface area contributed by atoms with Crippen LogP contribution in [0.3, 0.4) is 0 Å². The molecule has 0 N–H and O–H groups in total. The number of anilines is 1. The predicted molar refractivity (Wildman–Crippen MR) is 89.5 cm³/mol. The van der Waals surface area contributed by atoms with E-state index in [1.165, 1.54) is 12.1 Å². The summed E-state index contributed by atoms with van der Waals surface area (Å²) in [6.07, 6.45) is 2.10. The Morgan fingerprint density at radius 1 is 1.08 bits per heavy atom. The zero-order valence-corrected chi connectivity index (χ0v) is 13.4. The van der Waals surface area contributed by atoms with Crippen molar-refractivity contribution in [3.05, 3.63) is 54.5 Å². The first kappa shape index (κ1) is 16.2. The van der Waals surface area contributed by atoms with Gasteiger partial charge in [0.15, 0.2) is 0 Å². The number of halogens is 1. The second-order valence-corrected chi connectivity index (χ2v) is 5.61. The summed E-state index contributed by atoms with van der Waals surface area (Å²) in [6.45, 7) is 3.23. The van der Waals surface area contributed by atoms with Gasteiger partial charge in [-0.3, -0.25) is 4.79 Å². The third kappa shape index (κ3) is 4.22. The Morgan fingerprint density at radius 2 is 1.83 bits per heavy atom. The normalized spacial score (nSPS) is 14.5. The fraction of sp³-hybridized carbons (Fsp3) is 0.333. The molecule has 1 amide bonds. The Bertz CT molecular complexity index is 656. The van der Waals surface area contributed by atoms with Crippen molar-refractivity contribution in [2.24, 2.45) is 0 Å². The fourth-order valence-corrected chi connectivity index (χ4v) is 2.67. The first-order valence-corrected chi connectivity index (χ1v) is 8.04. The van der Waals surface area contributed by atoms with Gasteiger partial charge in [-0.2, -0.15) is 0 Å². The number of piperazine rings is 1. The molecule has 126 valence electrons. The van der Waals surface area contributed by atoms with E-state index in [0.29, 0.717) is 31.9 Å². The first-order valence-electron chi connectivity index (χ1n) is 8.04. The van der Waals surface area contributed by atoms with Crippen LogP contribution < -0.4 is 9.64 Å². The predicted octanol–water partition coefficient (Wildman–Crippen LogP) is 2.34. The lowest BCUT2D eigenvalue weighted by molar-refractivity contribution is -0.132. The minimum Gasteiger partial charge on any atom is -0.493 e. The average molecular weight is 329 g/mol. The van der Waals surface area contributed by atoms with E-state index in [4.69, 9.17) is 4.74 Å². The van der Waals surface area contributed by atoms with Crippen LogP contribution in [0.25, 0.3) is 0 Å². The molecule has 1 fully saturated rings. The number of rotatable bonds is 5. The van der Waals surface area contributed by atoms with Gasteiger partial charge < -0.3 is 14.5 Å². The van der Waals surface area contributed by atoms with Gasteiger partial charge in [0.2, 0.25) is 5.91 Å². The van der Waals surface area contributed by atoms with E-state index in [0.717, 1.165) is 18.9 Å². The van der Waals surface area contributed by atoms with Crippen molar-refractivity contribution in [2.75, 3.05) is 37.7 Å². The van der Waals surface area contributed by atoms with Gasteiger partial charge in [-0.1, -0.05) is 6.07 Å². The van der Waals surface area contributed by atoms with E-state index in [2.05, 4.69) is 9.88 Å². The molecule has 0 unspecified atom stereocenters. The zero-order chi connectivity index (χ0) is 16.8. The number of aromatic nitrogens is 1. The molecule has 24 heavy (non-hydrogen) atoms. The van der Waals surface area contributed by atoms with Crippen LogP contribution in [0.5, 0.6) is 5.75 Å². The maximum atomic E-state index is 12.8. The van der Waals surface area contributed by atoms with Crippen LogP contribution in [0.2, 0.25) is 0 Å². The molecule has 1 aromatic carbocycles. The Balaban J connectivity index is 1.41. The molecule has 2 aromatic rings. The van der Waals surface area contributed by atoms with E-state index in [-0.39, 0.29) is 11.7 Å². The lowest BCUT2D eigenvalue weighted by Gasteiger charge is -2.35. The van der Waals surface area contributed by atoms with Gasteiger partial charge in [0.05, 0.1) is 13.0 Å². The molecule has 0 atom stereocenters. The molecule has 2 heterocycles. The van der Waals surface area contributed by atoms with E-state index < -0.39 is 0 Å². The van der Waals surface area contributed by atoms with E-state index in [1.807, 2.05) is 23.1 Å². The lowest BCUT2D eigenvalue weighted by Crippen LogP contribution is -2.49. The molecule has 3 rings (SSSR count). The number of hydrogen-bond acceptors (Lipinski definition) is 4. The summed E-state index contributed by atoms with van der Waals surface area (Å²) in [6, 6.07) is 11.6. The Labute approximate surface area is 140 Å². The SMILES string of the molecule is O=C(CCOc1ccc(F)cc1)N1CCN(c2ccccn2)CC1. The number of carbonyl (C=O) groups excluding carboxylic acids is 1. The monoisotopic (exact) mass is 329 g/mol. The van der Waals surface area contributed by atoms with Crippen molar-refractivity contribution >= 4 is 11.7 Å². The second kappa shape index (κ2) is 7.77. The van der Waals surface area contributed by atoms with E-state index in [1.54, 1.807) is 18.3 Å². The third-order valence-corrected chi connectivity index (χ3v) is 4.00. The smallest absolute Gasteiger partial charge is 0.226 e. The van der Waals surface area contributed by atoms with Crippen LogP contribution in [0.15, 0.2) is 48.7 Å². The van der Waals surface area contributed by atoms with Gasteiger partial charge in [-0.15, -0.1) is 0 Å². The van der Waals surface area contributed by atoms with Crippen molar-refractivity contribution in [1.82, 2.24) is 9.88 Å². The minimum absolute atomic E-state index is 0.0813. The standard InChI is InChI=1S/C18H20FN3O2/c19-15-4-6-16(7-5-15)24-14-8-18(23)22-12-10-21(11-13-22)17-3-1-2-9-20-17/h1-7,9H,8,10-14H2. The molecule has 0 radical (unpaired) electrons. The van der Waals surface area contributed by atoms with Crippen molar-refractivity contribution in [3.8, 4) is 5.75 Å². The largest absolute Gasteiger partial charge is 0.493 e. The van der Waals surface area contributed by atoms with Crippen molar-refractivity contribution in [1.29, 1.82) is 0 Å². The number of carbonyl (C=O) groups is 1. The van der Waals surface area contributed by atoms with Crippen LogP contribution in [0.4, 0.5) is 10.2 Å². The van der Waals surface area contributed by atoms with Crippen LogP contribution in [0.1, 0.15) is 6.42 Å². The number of ether oxygens (including phenoxy) is 1. The zero-order valence-electron chi connectivity index (χ0n) is 13.4. The molecule has 1 aliphatic rings. The highest BCUT2D eigenvalue weighted by Gasteiger charge is 2.21. The summed E-state index contributed by atoms with van der Waals surface area (Å²) < 4.78 is 18.3. The highest BCUT2D eigenvalue weighted by atomic mass is 19.1. The molecule has 1 saturated heterocycles. The summed E-state index contributed by atoms with van der Waals surface area (Å²) >= 11 is 0. The van der Waals surface area contributed by atoms with Crippen LogP contribution in [-0.2, 0) is 4.79 Å². The van der Waals surface area contributed by atoms with Crippen molar-refractivity contribution in [2.45, 2.75) is 6.42 Å². The number of amides is 1. The van der Waals surface area contributed by atoms with Crippen LogP contribution in [0, 0.1) is 5.82 Å². The van der Waals surface area contributed by atoms with E-state index >= 15 is 0 Å². The summed E-state index contributed by atoms with van der Waals surface area (Å²) in [7, 11) is 0. The highest BCUT2D eigenvalue weighted by molar-refractivity contribution is 5.76. The number of hydrogen-bond donors (Lipinski definition) is 0. The molecule has 0 bridgehead atoms. The molecule has 6 heteroatoms. The van der Waals surface area contributed by atoms with Gasteiger partial charge in [0, 0.05) is 32.4 Å².